The summed E-state index contributed by atoms with van der Waals surface area (Å²) < 4.78 is 0. The number of nitrogens with zero attached hydrogens (tertiary/aromatic N) is 1. The van der Waals surface area contributed by atoms with Crippen molar-refractivity contribution in [3.8, 4) is 0 Å². The van der Waals surface area contributed by atoms with Crippen molar-refractivity contribution in [2.45, 2.75) is 19.8 Å². The summed E-state index contributed by atoms with van der Waals surface area (Å²) in [5.74, 6) is 0. The Morgan fingerprint density at radius 3 is 2.82 bits per heavy atom. The Balaban J connectivity index is 2.85. The molecule has 0 heterocycles. The van der Waals surface area contributed by atoms with Gasteiger partial charge in [0, 0.05) is 6.54 Å². The van der Waals surface area contributed by atoms with Gasteiger partial charge in [-0.2, -0.15) is 0 Å². The number of hydrogen-bond donors (Lipinski definition) is 1. The quantitative estimate of drug-likeness (QED) is 0.338. The monoisotopic (exact) mass is 162 g/mol. The Labute approximate surface area is 65.8 Å². The van der Waals surface area contributed by atoms with Crippen molar-refractivity contribution in [3.05, 3.63) is 10.1 Å². The molecule has 0 bridgehead atoms. The van der Waals surface area contributed by atoms with E-state index in [0.717, 1.165) is 19.4 Å². The molecule has 5 nitrogen and oxygen atoms in total. The minimum Gasteiger partial charge on any atom is -0.315 e. The van der Waals surface area contributed by atoms with Crippen LogP contribution in [0.2, 0.25) is 0 Å². The summed E-state index contributed by atoms with van der Waals surface area (Å²) >= 11 is 0. The fourth-order valence-electron chi connectivity index (χ4n) is 0.619. The molecular formula is C6H14N2O3. The average Bonchev–Trinajstić information content (AvgIpc) is 1.96. The molecule has 5 heteroatoms. The molecule has 0 aromatic heterocycles. The van der Waals surface area contributed by atoms with Gasteiger partial charge in [-0.3, -0.25) is 0 Å². The van der Waals surface area contributed by atoms with Crippen LogP contribution in [-0.2, 0) is 4.84 Å². The molecular weight excluding hydrogens is 148 g/mol. The van der Waals surface area contributed by atoms with Crippen molar-refractivity contribution < 1.29 is 9.92 Å². The Kier molecular flexibility index (Phi) is 6.71. The van der Waals surface area contributed by atoms with E-state index in [1.54, 1.807) is 0 Å². The molecule has 0 amide bonds. The van der Waals surface area contributed by atoms with Gasteiger partial charge in [-0.05, 0) is 13.0 Å². The first-order valence-electron chi connectivity index (χ1n) is 3.75. The van der Waals surface area contributed by atoms with Crippen LogP contribution in [0.5, 0.6) is 0 Å². The molecule has 0 aliphatic carbocycles. The van der Waals surface area contributed by atoms with Crippen molar-refractivity contribution >= 4 is 0 Å². The second-order valence-electron chi connectivity index (χ2n) is 2.16. The van der Waals surface area contributed by atoms with Crippen molar-refractivity contribution in [2.24, 2.45) is 0 Å². The number of nitrogens with one attached hydrogen (secondary N) is 1. The topological polar surface area (TPSA) is 64.4 Å². The lowest BCUT2D eigenvalue weighted by atomic mass is 10.3. The normalized spacial score (nSPS) is 9.55. The van der Waals surface area contributed by atoms with Crippen LogP contribution >= 0.6 is 0 Å². The van der Waals surface area contributed by atoms with Crippen molar-refractivity contribution in [1.29, 1.82) is 0 Å². The SMILES string of the molecule is CCCCNCCO[N+](=O)[O-]. The highest BCUT2D eigenvalue weighted by Gasteiger charge is 1.92. The molecule has 0 aromatic rings. The summed E-state index contributed by atoms with van der Waals surface area (Å²) in [4.78, 5) is 13.7. The zero-order chi connectivity index (χ0) is 8.53. The molecule has 0 saturated heterocycles. The van der Waals surface area contributed by atoms with E-state index in [4.69, 9.17) is 0 Å². The van der Waals surface area contributed by atoms with Gasteiger partial charge in [0.1, 0.15) is 6.61 Å². The minimum absolute atomic E-state index is 0.136. The summed E-state index contributed by atoms with van der Waals surface area (Å²) in [7, 11) is 0. The van der Waals surface area contributed by atoms with Crippen molar-refractivity contribution in [1.82, 2.24) is 5.32 Å². The third-order valence-electron chi connectivity index (χ3n) is 1.18. The molecule has 0 aliphatic rings. The third-order valence-corrected chi connectivity index (χ3v) is 1.18. The number of hydrogen-bond acceptors (Lipinski definition) is 4. The molecule has 11 heavy (non-hydrogen) atoms. The highest BCUT2D eigenvalue weighted by atomic mass is 16.9. The Morgan fingerprint density at radius 2 is 2.27 bits per heavy atom. The van der Waals surface area contributed by atoms with Crippen molar-refractivity contribution in [2.75, 3.05) is 19.7 Å². The predicted molar refractivity (Wildman–Crippen MR) is 40.7 cm³/mol. The molecule has 0 unspecified atom stereocenters. The molecule has 66 valence electrons. The van der Waals surface area contributed by atoms with E-state index in [1.807, 2.05) is 0 Å². The Hall–Kier alpha value is -0.840. The summed E-state index contributed by atoms with van der Waals surface area (Å²) in [5.41, 5.74) is 0. The molecule has 0 spiro atoms. The summed E-state index contributed by atoms with van der Waals surface area (Å²) in [6.45, 7) is 3.67. The zero-order valence-electron chi connectivity index (χ0n) is 6.71. The molecule has 0 aliphatic heterocycles. The number of unbranched alkanes of at least 4 members (excludes halogenated alkanes) is 1. The smallest absolute Gasteiger partial charge is 0.294 e. The van der Waals surface area contributed by atoms with Crippen LogP contribution < -0.4 is 5.32 Å². The van der Waals surface area contributed by atoms with Gasteiger partial charge in [-0.1, -0.05) is 13.3 Å². The van der Waals surface area contributed by atoms with Gasteiger partial charge >= 0.3 is 0 Å². The van der Waals surface area contributed by atoms with Crippen molar-refractivity contribution in [3.63, 3.8) is 0 Å². The lowest BCUT2D eigenvalue weighted by molar-refractivity contribution is -0.757. The zero-order valence-corrected chi connectivity index (χ0v) is 6.71. The second-order valence-corrected chi connectivity index (χ2v) is 2.16. The van der Waals surface area contributed by atoms with E-state index in [9.17, 15) is 10.1 Å². The van der Waals surface area contributed by atoms with Crippen LogP contribution in [0.15, 0.2) is 0 Å². The molecule has 0 radical (unpaired) electrons. The van der Waals surface area contributed by atoms with E-state index in [2.05, 4.69) is 17.1 Å². The van der Waals surface area contributed by atoms with Gasteiger partial charge in [-0.25, -0.2) is 0 Å². The molecule has 0 atom stereocenters. The van der Waals surface area contributed by atoms with Crippen LogP contribution in [0.1, 0.15) is 19.8 Å². The molecule has 0 saturated carbocycles. The maximum Gasteiger partial charge on any atom is 0.294 e. The van der Waals surface area contributed by atoms with Gasteiger partial charge in [0.05, 0.1) is 0 Å². The Morgan fingerprint density at radius 1 is 1.55 bits per heavy atom. The first kappa shape index (κ1) is 10.2. The van der Waals surface area contributed by atoms with E-state index in [0.29, 0.717) is 6.54 Å². The molecule has 1 N–H and O–H groups in total. The average molecular weight is 162 g/mol. The summed E-state index contributed by atoms with van der Waals surface area (Å²) in [5, 5.41) is 11.9. The van der Waals surface area contributed by atoms with Gasteiger partial charge < -0.3 is 10.2 Å². The fraction of sp³-hybridized carbons (Fsp3) is 1.00. The van der Waals surface area contributed by atoms with Crippen LogP contribution in [0.4, 0.5) is 0 Å². The van der Waals surface area contributed by atoms with Crippen LogP contribution in [0.25, 0.3) is 0 Å². The van der Waals surface area contributed by atoms with Gasteiger partial charge in [-0.15, -0.1) is 10.1 Å². The molecule has 0 rings (SSSR count). The second kappa shape index (κ2) is 7.27. The first-order chi connectivity index (χ1) is 5.27. The Bertz CT molecular complexity index is 108. The first-order valence-corrected chi connectivity index (χ1v) is 3.75. The molecule has 0 fully saturated rings. The van der Waals surface area contributed by atoms with Crippen LogP contribution in [0, 0.1) is 10.1 Å². The lowest BCUT2D eigenvalue weighted by Gasteiger charge is -2.01. The van der Waals surface area contributed by atoms with Gasteiger partial charge in [0.25, 0.3) is 5.09 Å². The maximum absolute atomic E-state index is 9.64. The maximum atomic E-state index is 9.64. The highest BCUT2D eigenvalue weighted by molar-refractivity contribution is 4.43. The van der Waals surface area contributed by atoms with Gasteiger partial charge in [0.15, 0.2) is 0 Å². The largest absolute Gasteiger partial charge is 0.315 e. The van der Waals surface area contributed by atoms with Crippen LogP contribution in [-0.4, -0.2) is 24.8 Å². The van der Waals surface area contributed by atoms with E-state index in [-0.39, 0.29) is 6.61 Å². The fourth-order valence-corrected chi connectivity index (χ4v) is 0.619. The highest BCUT2D eigenvalue weighted by Crippen LogP contribution is 1.81. The van der Waals surface area contributed by atoms with E-state index < -0.39 is 5.09 Å². The lowest BCUT2D eigenvalue weighted by Crippen LogP contribution is -2.21. The van der Waals surface area contributed by atoms with Crippen LogP contribution in [0.3, 0.4) is 0 Å². The summed E-state index contributed by atoms with van der Waals surface area (Å²) in [6, 6.07) is 0. The van der Waals surface area contributed by atoms with E-state index in [1.165, 1.54) is 0 Å². The number of rotatable bonds is 7. The minimum atomic E-state index is -0.776. The van der Waals surface area contributed by atoms with Gasteiger partial charge in [0.2, 0.25) is 0 Å². The standard InChI is InChI=1S/C6H14N2O3/c1-2-3-4-7-5-6-11-8(9)10/h7H,2-6H2,1H3. The predicted octanol–water partition coefficient (Wildman–Crippen LogP) is 0.584. The third kappa shape index (κ3) is 9.16. The van der Waals surface area contributed by atoms with E-state index >= 15 is 0 Å². The molecule has 0 aromatic carbocycles. The summed E-state index contributed by atoms with van der Waals surface area (Å²) in [6.07, 6.45) is 2.22.